The van der Waals surface area contributed by atoms with Crippen LogP contribution in [0.1, 0.15) is 33.3 Å². The largest absolute Gasteiger partial charge is 0.327 e. The van der Waals surface area contributed by atoms with Crippen molar-refractivity contribution in [1.82, 2.24) is 0 Å². The third-order valence-corrected chi connectivity index (χ3v) is 5.42. The van der Waals surface area contributed by atoms with Gasteiger partial charge in [0.25, 0.3) is 0 Å². The van der Waals surface area contributed by atoms with Gasteiger partial charge in [-0.3, -0.25) is 0 Å². The number of hydrogen-bond donors (Lipinski definition) is 1. The first kappa shape index (κ1) is 13.8. The molecule has 1 saturated carbocycles. The van der Waals surface area contributed by atoms with E-state index in [0.717, 1.165) is 0 Å². The van der Waals surface area contributed by atoms with Crippen molar-refractivity contribution >= 4 is 11.6 Å². The molecule has 18 heavy (non-hydrogen) atoms. The minimum atomic E-state index is -0.255. The summed E-state index contributed by atoms with van der Waals surface area (Å²) in [6.45, 7) is 8.89. The van der Waals surface area contributed by atoms with Gasteiger partial charge in [-0.25, -0.2) is 4.39 Å². The van der Waals surface area contributed by atoms with E-state index < -0.39 is 0 Å². The molecule has 0 radical (unpaired) electrons. The van der Waals surface area contributed by atoms with E-state index in [1.165, 1.54) is 6.07 Å². The Morgan fingerprint density at radius 3 is 2.28 bits per heavy atom. The van der Waals surface area contributed by atoms with Crippen molar-refractivity contribution in [3.63, 3.8) is 0 Å². The Bertz CT molecular complexity index is 433. The minimum absolute atomic E-state index is 0.0515. The first-order valence-electron chi connectivity index (χ1n) is 6.38. The Morgan fingerprint density at radius 1 is 1.28 bits per heavy atom. The fraction of sp³-hybridized carbons (Fsp3) is 0.600. The molecule has 3 heteroatoms. The van der Waals surface area contributed by atoms with Crippen LogP contribution in [-0.4, -0.2) is 6.04 Å². The van der Waals surface area contributed by atoms with Gasteiger partial charge >= 0.3 is 0 Å². The van der Waals surface area contributed by atoms with Crippen LogP contribution in [0.5, 0.6) is 0 Å². The molecule has 1 unspecified atom stereocenters. The minimum Gasteiger partial charge on any atom is -0.327 e. The molecule has 1 aromatic rings. The first-order chi connectivity index (χ1) is 8.19. The lowest BCUT2D eigenvalue weighted by atomic mass is 9.97. The summed E-state index contributed by atoms with van der Waals surface area (Å²) in [6, 6.07) is 4.73. The molecule has 0 amide bonds. The highest BCUT2D eigenvalue weighted by Gasteiger charge is 2.66. The van der Waals surface area contributed by atoms with E-state index in [2.05, 4.69) is 27.7 Å². The summed E-state index contributed by atoms with van der Waals surface area (Å²) >= 11 is 6.05. The van der Waals surface area contributed by atoms with E-state index >= 15 is 0 Å². The standard InChI is InChI=1S/C15H21ClFN/c1-14(2)13(15(14,3)4)12(18)8-9-10(16)6-5-7-11(9)17/h5-7,12-13H,8,18H2,1-4H3. The third-order valence-electron chi connectivity index (χ3n) is 5.06. The molecule has 0 saturated heterocycles. The SMILES string of the molecule is CC1(C)C(C(N)Cc2c(F)cccc2Cl)C1(C)C. The molecule has 0 aromatic heterocycles. The van der Waals surface area contributed by atoms with Gasteiger partial charge in [0.05, 0.1) is 0 Å². The van der Waals surface area contributed by atoms with Crippen LogP contribution >= 0.6 is 11.6 Å². The van der Waals surface area contributed by atoms with Crippen LogP contribution in [0, 0.1) is 22.6 Å². The zero-order valence-electron chi connectivity index (χ0n) is 11.4. The van der Waals surface area contributed by atoms with Crippen molar-refractivity contribution in [1.29, 1.82) is 0 Å². The van der Waals surface area contributed by atoms with Crippen molar-refractivity contribution in [2.24, 2.45) is 22.5 Å². The molecule has 1 aliphatic rings. The monoisotopic (exact) mass is 269 g/mol. The Hall–Kier alpha value is -0.600. The van der Waals surface area contributed by atoms with Gasteiger partial charge in [-0.15, -0.1) is 0 Å². The molecular weight excluding hydrogens is 249 g/mol. The second-order valence-corrected chi connectivity index (χ2v) is 6.90. The summed E-state index contributed by atoms with van der Waals surface area (Å²) < 4.78 is 13.7. The van der Waals surface area contributed by atoms with Gasteiger partial charge in [-0.05, 0) is 35.3 Å². The number of rotatable bonds is 3. The maximum atomic E-state index is 13.7. The zero-order valence-corrected chi connectivity index (χ0v) is 12.2. The highest BCUT2D eigenvalue weighted by molar-refractivity contribution is 6.31. The summed E-state index contributed by atoms with van der Waals surface area (Å²) in [7, 11) is 0. The zero-order chi connectivity index (χ0) is 13.7. The molecule has 0 bridgehead atoms. The second kappa shape index (κ2) is 4.21. The lowest BCUT2D eigenvalue weighted by Crippen LogP contribution is -2.29. The quantitative estimate of drug-likeness (QED) is 0.881. The topological polar surface area (TPSA) is 26.0 Å². The normalized spacial score (nSPS) is 22.8. The van der Waals surface area contributed by atoms with Crippen molar-refractivity contribution in [3.05, 3.63) is 34.6 Å². The molecule has 2 N–H and O–H groups in total. The molecule has 0 heterocycles. The molecule has 1 atom stereocenters. The van der Waals surface area contributed by atoms with E-state index in [1.54, 1.807) is 12.1 Å². The highest BCUT2D eigenvalue weighted by atomic mass is 35.5. The molecule has 0 aliphatic heterocycles. The van der Waals surface area contributed by atoms with Crippen molar-refractivity contribution in [3.8, 4) is 0 Å². The average Bonchev–Trinajstić information content (AvgIpc) is 2.63. The van der Waals surface area contributed by atoms with Gasteiger partial charge in [0.2, 0.25) is 0 Å². The number of nitrogens with two attached hydrogens (primary N) is 1. The summed E-state index contributed by atoms with van der Waals surface area (Å²) in [5, 5.41) is 0.474. The van der Waals surface area contributed by atoms with Crippen LogP contribution < -0.4 is 5.73 Å². The van der Waals surface area contributed by atoms with E-state index in [-0.39, 0.29) is 22.7 Å². The summed E-state index contributed by atoms with van der Waals surface area (Å²) in [6.07, 6.45) is 0.503. The number of benzene rings is 1. The molecule has 0 spiro atoms. The van der Waals surface area contributed by atoms with Crippen LogP contribution in [0.25, 0.3) is 0 Å². The fourth-order valence-corrected chi connectivity index (χ4v) is 3.64. The van der Waals surface area contributed by atoms with Gasteiger partial charge in [-0.1, -0.05) is 45.4 Å². The number of hydrogen-bond acceptors (Lipinski definition) is 1. The Balaban J connectivity index is 2.17. The maximum absolute atomic E-state index is 13.7. The summed E-state index contributed by atoms with van der Waals surface area (Å²) in [5.74, 6) is 0.148. The lowest BCUT2D eigenvalue weighted by Gasteiger charge is -2.15. The Labute approximate surface area is 114 Å². The molecule has 1 aromatic carbocycles. The van der Waals surface area contributed by atoms with Crippen LogP contribution in [0.15, 0.2) is 18.2 Å². The van der Waals surface area contributed by atoms with Gasteiger partial charge in [0.1, 0.15) is 5.82 Å². The molecule has 1 aliphatic carbocycles. The van der Waals surface area contributed by atoms with Gasteiger partial charge in [0, 0.05) is 16.6 Å². The van der Waals surface area contributed by atoms with Crippen LogP contribution in [0.2, 0.25) is 5.02 Å². The Morgan fingerprint density at radius 2 is 1.83 bits per heavy atom. The van der Waals surface area contributed by atoms with E-state index in [9.17, 15) is 4.39 Å². The highest BCUT2D eigenvalue weighted by Crippen LogP contribution is 2.69. The van der Waals surface area contributed by atoms with Crippen molar-refractivity contribution < 1.29 is 4.39 Å². The summed E-state index contributed by atoms with van der Waals surface area (Å²) in [5.41, 5.74) is 7.25. The number of halogens is 2. The van der Waals surface area contributed by atoms with Crippen LogP contribution in [-0.2, 0) is 6.42 Å². The van der Waals surface area contributed by atoms with Crippen LogP contribution in [0.3, 0.4) is 0 Å². The average molecular weight is 270 g/mol. The molecule has 1 nitrogen and oxygen atoms in total. The van der Waals surface area contributed by atoms with Gasteiger partial charge in [-0.2, -0.15) is 0 Å². The molecule has 2 rings (SSSR count). The summed E-state index contributed by atoms with van der Waals surface area (Å²) in [4.78, 5) is 0. The van der Waals surface area contributed by atoms with Gasteiger partial charge in [0.15, 0.2) is 0 Å². The van der Waals surface area contributed by atoms with Crippen LogP contribution in [0.4, 0.5) is 4.39 Å². The van der Waals surface area contributed by atoms with E-state index in [1.807, 2.05) is 0 Å². The molecular formula is C15H21ClFN. The fourth-order valence-electron chi connectivity index (χ4n) is 3.40. The maximum Gasteiger partial charge on any atom is 0.127 e. The predicted molar refractivity (Wildman–Crippen MR) is 74.1 cm³/mol. The van der Waals surface area contributed by atoms with Crippen molar-refractivity contribution in [2.45, 2.75) is 40.2 Å². The van der Waals surface area contributed by atoms with Gasteiger partial charge < -0.3 is 5.73 Å². The molecule has 100 valence electrons. The van der Waals surface area contributed by atoms with Crippen molar-refractivity contribution in [2.75, 3.05) is 0 Å². The Kier molecular flexibility index (Phi) is 3.23. The van der Waals surface area contributed by atoms with E-state index in [0.29, 0.717) is 22.9 Å². The molecule has 1 fully saturated rings. The third kappa shape index (κ3) is 1.96. The first-order valence-corrected chi connectivity index (χ1v) is 6.76. The lowest BCUT2D eigenvalue weighted by molar-refractivity contribution is 0.457. The second-order valence-electron chi connectivity index (χ2n) is 6.49. The van der Waals surface area contributed by atoms with E-state index in [4.69, 9.17) is 17.3 Å². The smallest absolute Gasteiger partial charge is 0.127 e. The predicted octanol–water partition coefficient (Wildman–Crippen LogP) is 4.03.